The fourth-order valence-corrected chi connectivity index (χ4v) is 9.03. The maximum atomic E-state index is 2.55. The van der Waals surface area contributed by atoms with E-state index in [0.29, 0.717) is 0 Å². The van der Waals surface area contributed by atoms with Crippen LogP contribution in [0.15, 0.2) is 51.3 Å². The van der Waals surface area contributed by atoms with Gasteiger partial charge >= 0.3 is 203 Å². The van der Waals surface area contributed by atoms with Crippen LogP contribution in [0.5, 0.6) is 0 Å². The van der Waals surface area contributed by atoms with Crippen LogP contribution in [0.3, 0.4) is 0 Å². The van der Waals surface area contributed by atoms with Gasteiger partial charge in [-0.1, -0.05) is 0 Å². The molecule has 0 amide bonds. The molecule has 0 radical (unpaired) electrons. The minimum atomic E-state index is -0.850. The van der Waals surface area contributed by atoms with E-state index in [1.165, 1.54) is 34.2 Å². The second-order valence-corrected chi connectivity index (χ2v) is 15.9. The first-order valence-corrected chi connectivity index (χ1v) is 14.2. The van der Waals surface area contributed by atoms with Crippen LogP contribution >= 0.6 is 0 Å². The number of hydrogen-bond acceptors (Lipinski definition) is 0. The van der Waals surface area contributed by atoms with Crippen LogP contribution in [0.2, 0.25) is 0 Å². The average Bonchev–Trinajstić information content (AvgIpc) is 3.24. The molecular weight excluding hydrogens is 522 g/mol. The van der Waals surface area contributed by atoms with Gasteiger partial charge in [0.05, 0.1) is 0 Å². The number of halogens is 2. The predicted molar refractivity (Wildman–Crippen MR) is 132 cm³/mol. The molecule has 0 N–H and O–H groups in total. The van der Waals surface area contributed by atoms with Crippen molar-refractivity contribution >= 4 is 3.27 Å². The smallest absolute Gasteiger partial charge is 1.00 e. The third kappa shape index (κ3) is 5.79. The Bertz CT molecular complexity index is 1100. The summed E-state index contributed by atoms with van der Waals surface area (Å²) in [5, 5.41) is 0. The van der Waals surface area contributed by atoms with Crippen molar-refractivity contribution in [1.29, 1.82) is 0 Å². The molecule has 176 valence electrons. The van der Waals surface area contributed by atoms with Crippen molar-refractivity contribution in [3.05, 3.63) is 73.6 Å². The van der Waals surface area contributed by atoms with Gasteiger partial charge in [0, 0.05) is 0 Å². The summed E-state index contributed by atoms with van der Waals surface area (Å²) in [6.45, 7) is 21.1. The second-order valence-electron chi connectivity index (χ2n) is 12.5. The van der Waals surface area contributed by atoms with E-state index in [1.54, 1.807) is 17.7 Å². The van der Waals surface area contributed by atoms with E-state index >= 15 is 0 Å². The third-order valence-electron chi connectivity index (χ3n) is 6.77. The summed E-state index contributed by atoms with van der Waals surface area (Å²) < 4.78 is 3.48. The van der Waals surface area contributed by atoms with Crippen LogP contribution in [0.4, 0.5) is 0 Å². The number of hydrogen-bond donors (Lipinski definition) is 0. The molecule has 0 nitrogen and oxygen atoms in total. The number of benzene rings is 2. The van der Waals surface area contributed by atoms with Crippen LogP contribution < -0.4 is 28.1 Å². The van der Waals surface area contributed by atoms with E-state index in [4.69, 9.17) is 0 Å². The minimum Gasteiger partial charge on any atom is -1.00 e. The Balaban J connectivity index is 0.00000193. The molecule has 0 aromatic heterocycles. The number of fused-ring (bicyclic) bond motifs is 3. The van der Waals surface area contributed by atoms with Crippen molar-refractivity contribution < 1.29 is 48.0 Å². The monoisotopic (exact) mass is 558 g/mol. The Morgan fingerprint density at radius 2 is 1.36 bits per heavy atom. The van der Waals surface area contributed by atoms with Gasteiger partial charge in [0.2, 0.25) is 0 Å². The Kier molecular flexibility index (Phi) is 8.50. The molecule has 0 spiro atoms. The molecule has 3 heteroatoms. The zero-order chi connectivity index (χ0) is 22.8. The standard InChI is InChI=1S/C21H25.C9H13.2ClH.Zr/c1-20(2,3)16-7-9-18-14(12-16)11-15-13-17(21(4,5)6)8-10-19(15)18;1-9(2,3)8-6-4-5-7-8;;;/h7-10,12H,11H2,1-6H3;6-7H,4H2,1-3H3;2*1H;/q;;;;+2/p-2. The largest absolute Gasteiger partial charge is 1.00 e. The maximum Gasteiger partial charge on any atom is -1.00 e. The summed E-state index contributed by atoms with van der Waals surface area (Å²) in [5.74, 6) is 0. The molecule has 4 rings (SSSR count). The number of allylic oxidation sites excluding steroid dienone is 4. The zero-order valence-electron chi connectivity index (χ0n) is 21.7. The van der Waals surface area contributed by atoms with Gasteiger partial charge in [-0.15, -0.1) is 0 Å². The predicted octanol–water partition coefficient (Wildman–Crippen LogP) is 1.83. The third-order valence-corrected chi connectivity index (χ3v) is 10.4. The fourth-order valence-electron chi connectivity index (χ4n) is 4.81. The molecule has 2 aromatic rings. The van der Waals surface area contributed by atoms with E-state index < -0.39 is 23.2 Å². The quantitative estimate of drug-likeness (QED) is 0.449. The topological polar surface area (TPSA) is 0 Å². The molecular formula is C30H38Cl2Zr. The minimum absolute atomic E-state index is 0. The SMILES string of the molecule is CC(C)(C)C1=CC[C]([Zr+2][c]2c(C(C)(C)C)ccc3c2Cc2cc(C(C)(C)C)ccc2-3)=C1.[Cl-].[Cl-]. The molecule has 0 unspecified atom stereocenters. The first-order valence-electron chi connectivity index (χ1n) is 11.7. The van der Waals surface area contributed by atoms with E-state index in [9.17, 15) is 0 Å². The Morgan fingerprint density at radius 3 is 1.91 bits per heavy atom. The van der Waals surface area contributed by atoms with Gasteiger partial charge in [0.25, 0.3) is 0 Å². The molecule has 0 aliphatic heterocycles. The molecule has 0 bridgehead atoms. The molecule has 2 aliphatic carbocycles. The van der Waals surface area contributed by atoms with E-state index in [1.807, 2.05) is 0 Å². The van der Waals surface area contributed by atoms with Gasteiger partial charge in [-0.25, -0.2) is 0 Å². The van der Waals surface area contributed by atoms with Crippen molar-refractivity contribution in [2.24, 2.45) is 5.41 Å². The Hall–Kier alpha value is -0.617. The van der Waals surface area contributed by atoms with E-state index in [0.717, 1.165) is 6.42 Å². The molecule has 0 heterocycles. The summed E-state index contributed by atoms with van der Waals surface area (Å²) >= 11 is -0.850. The maximum absolute atomic E-state index is 2.55. The molecule has 0 atom stereocenters. The summed E-state index contributed by atoms with van der Waals surface area (Å²) in [4.78, 5) is 0. The van der Waals surface area contributed by atoms with Gasteiger partial charge in [-0.3, -0.25) is 0 Å². The van der Waals surface area contributed by atoms with Crippen LogP contribution in [-0.4, -0.2) is 0 Å². The number of rotatable bonds is 2. The first-order chi connectivity index (χ1) is 14.2. The van der Waals surface area contributed by atoms with Crippen LogP contribution in [-0.2, 0) is 40.5 Å². The van der Waals surface area contributed by atoms with Crippen molar-refractivity contribution in [2.75, 3.05) is 0 Å². The van der Waals surface area contributed by atoms with Crippen molar-refractivity contribution in [3.8, 4) is 11.1 Å². The Morgan fingerprint density at radius 1 is 0.727 bits per heavy atom. The molecule has 0 saturated carbocycles. The normalized spacial score (nSPS) is 14.9. The van der Waals surface area contributed by atoms with Crippen molar-refractivity contribution in [1.82, 2.24) is 0 Å². The van der Waals surface area contributed by atoms with E-state index in [-0.39, 0.29) is 41.1 Å². The van der Waals surface area contributed by atoms with Gasteiger partial charge in [0.15, 0.2) is 0 Å². The van der Waals surface area contributed by atoms with Crippen molar-refractivity contribution in [3.63, 3.8) is 0 Å². The van der Waals surface area contributed by atoms with Crippen LogP contribution in [0, 0.1) is 5.41 Å². The van der Waals surface area contributed by atoms with Gasteiger partial charge in [-0.2, -0.15) is 0 Å². The average molecular weight is 561 g/mol. The van der Waals surface area contributed by atoms with E-state index in [2.05, 4.69) is 105 Å². The summed E-state index contributed by atoms with van der Waals surface area (Å²) in [5.41, 5.74) is 11.4. The zero-order valence-corrected chi connectivity index (χ0v) is 25.7. The van der Waals surface area contributed by atoms with Gasteiger partial charge in [-0.05, 0) is 0 Å². The summed E-state index contributed by atoms with van der Waals surface area (Å²) in [6.07, 6.45) is 7.33. The molecule has 2 aliphatic rings. The van der Waals surface area contributed by atoms with Gasteiger partial charge in [0.1, 0.15) is 0 Å². The van der Waals surface area contributed by atoms with Gasteiger partial charge < -0.3 is 24.8 Å². The molecule has 0 saturated heterocycles. The first kappa shape index (κ1) is 28.6. The van der Waals surface area contributed by atoms with Crippen molar-refractivity contribution in [2.45, 2.75) is 86.0 Å². The summed E-state index contributed by atoms with van der Waals surface area (Å²) in [6, 6.07) is 12.1. The molecule has 0 fully saturated rings. The van der Waals surface area contributed by atoms with Crippen LogP contribution in [0.1, 0.15) is 91.0 Å². The van der Waals surface area contributed by atoms with Crippen LogP contribution in [0.25, 0.3) is 11.1 Å². The molecule has 33 heavy (non-hydrogen) atoms. The summed E-state index contributed by atoms with van der Waals surface area (Å²) in [7, 11) is 0. The molecule has 2 aromatic carbocycles. The second kappa shape index (κ2) is 9.80. The fraction of sp³-hybridized carbons (Fsp3) is 0.467. The Labute approximate surface area is 226 Å².